The summed E-state index contributed by atoms with van der Waals surface area (Å²) < 4.78 is 31.9. The van der Waals surface area contributed by atoms with Crippen LogP contribution in [0.4, 0.5) is 0 Å². The third kappa shape index (κ3) is 3.10. The summed E-state index contributed by atoms with van der Waals surface area (Å²) in [5.74, 6) is -0.610. The van der Waals surface area contributed by atoms with Crippen LogP contribution in [0.2, 0.25) is 0 Å². The Morgan fingerprint density at radius 3 is 2.64 bits per heavy atom. The van der Waals surface area contributed by atoms with Crippen molar-refractivity contribution in [2.24, 2.45) is 0 Å². The first-order valence-corrected chi connectivity index (χ1v) is 8.19. The van der Waals surface area contributed by atoms with Crippen molar-refractivity contribution in [2.45, 2.75) is 11.3 Å². The topological polar surface area (TPSA) is 92.2 Å². The molecule has 1 heterocycles. The van der Waals surface area contributed by atoms with Crippen LogP contribution in [0, 0.1) is 0 Å². The van der Waals surface area contributed by atoms with Gasteiger partial charge in [-0.05, 0) is 30.2 Å². The Bertz CT molecular complexity index is 942. The van der Waals surface area contributed by atoms with Gasteiger partial charge >= 0.3 is 5.76 Å². The van der Waals surface area contributed by atoms with E-state index in [9.17, 15) is 13.2 Å². The van der Waals surface area contributed by atoms with Crippen LogP contribution in [-0.2, 0) is 16.4 Å². The van der Waals surface area contributed by atoms with Crippen molar-refractivity contribution in [2.75, 3.05) is 6.54 Å². The molecule has 0 atom stereocenters. The monoisotopic (exact) mass is 318 g/mol. The van der Waals surface area contributed by atoms with Crippen molar-refractivity contribution >= 4 is 21.1 Å². The third-order valence-electron chi connectivity index (χ3n) is 3.25. The second-order valence-electron chi connectivity index (χ2n) is 4.81. The summed E-state index contributed by atoms with van der Waals surface area (Å²) in [6, 6.07) is 13.9. The molecule has 2 aromatic carbocycles. The van der Waals surface area contributed by atoms with Gasteiger partial charge < -0.3 is 4.42 Å². The first-order valence-electron chi connectivity index (χ1n) is 6.71. The standard InChI is InChI=1S/C15H14N2O4S/c18-15-17-13-10-12(6-7-14(13)21-15)22(19,20)16-9-8-11-4-2-1-3-5-11/h1-7,10,16H,8-9H2,(H,17,18). The molecule has 0 radical (unpaired) electrons. The minimum absolute atomic E-state index is 0.0881. The lowest BCUT2D eigenvalue weighted by Gasteiger charge is -2.06. The number of rotatable bonds is 5. The minimum Gasteiger partial charge on any atom is -0.408 e. The maximum atomic E-state index is 12.2. The average molecular weight is 318 g/mol. The predicted octanol–water partition coefficient (Wildman–Crippen LogP) is 1.64. The first-order chi connectivity index (χ1) is 10.5. The van der Waals surface area contributed by atoms with Gasteiger partial charge in [-0.1, -0.05) is 30.3 Å². The molecule has 2 N–H and O–H groups in total. The lowest BCUT2D eigenvalue weighted by molar-refractivity contribution is 0.555. The van der Waals surface area contributed by atoms with Gasteiger partial charge in [-0.25, -0.2) is 17.9 Å². The number of fused-ring (bicyclic) bond motifs is 1. The molecule has 0 aliphatic carbocycles. The highest BCUT2D eigenvalue weighted by molar-refractivity contribution is 7.89. The van der Waals surface area contributed by atoms with E-state index in [0.29, 0.717) is 24.1 Å². The van der Waals surface area contributed by atoms with E-state index in [4.69, 9.17) is 4.42 Å². The van der Waals surface area contributed by atoms with Gasteiger partial charge in [0.05, 0.1) is 10.4 Å². The van der Waals surface area contributed by atoms with Gasteiger partial charge in [0, 0.05) is 6.54 Å². The van der Waals surface area contributed by atoms with Crippen LogP contribution in [0.5, 0.6) is 0 Å². The van der Waals surface area contributed by atoms with E-state index in [-0.39, 0.29) is 4.90 Å². The quantitative estimate of drug-likeness (QED) is 0.748. The third-order valence-corrected chi connectivity index (χ3v) is 4.71. The van der Waals surface area contributed by atoms with Crippen LogP contribution in [0.25, 0.3) is 11.1 Å². The van der Waals surface area contributed by atoms with E-state index in [0.717, 1.165) is 5.56 Å². The number of hydrogen-bond acceptors (Lipinski definition) is 4. The minimum atomic E-state index is -3.63. The van der Waals surface area contributed by atoms with Crippen LogP contribution >= 0.6 is 0 Å². The largest absolute Gasteiger partial charge is 0.417 e. The fourth-order valence-corrected chi connectivity index (χ4v) is 3.21. The number of benzene rings is 2. The van der Waals surface area contributed by atoms with Gasteiger partial charge in [0.25, 0.3) is 0 Å². The molecular formula is C15H14N2O4S. The predicted molar refractivity (Wildman–Crippen MR) is 82.2 cm³/mol. The van der Waals surface area contributed by atoms with Crippen molar-refractivity contribution < 1.29 is 12.8 Å². The zero-order chi connectivity index (χ0) is 15.6. The van der Waals surface area contributed by atoms with Crippen LogP contribution < -0.4 is 10.5 Å². The van der Waals surface area contributed by atoms with Crippen molar-refractivity contribution in [3.63, 3.8) is 0 Å². The van der Waals surface area contributed by atoms with Gasteiger partial charge in [0.2, 0.25) is 10.0 Å². The maximum Gasteiger partial charge on any atom is 0.417 e. The molecule has 7 heteroatoms. The highest BCUT2D eigenvalue weighted by Crippen LogP contribution is 2.16. The molecule has 0 fully saturated rings. The van der Waals surface area contributed by atoms with Crippen LogP contribution in [0.15, 0.2) is 62.6 Å². The number of oxazole rings is 1. The number of H-pyrrole nitrogens is 1. The number of hydrogen-bond donors (Lipinski definition) is 2. The molecule has 0 amide bonds. The molecule has 0 saturated carbocycles. The molecule has 0 saturated heterocycles. The second-order valence-corrected chi connectivity index (χ2v) is 6.57. The molecule has 22 heavy (non-hydrogen) atoms. The summed E-state index contributed by atoms with van der Waals surface area (Å²) in [6.07, 6.45) is 0.602. The normalized spacial score (nSPS) is 11.8. The van der Waals surface area contributed by atoms with E-state index in [1.54, 1.807) is 0 Å². The Kier molecular flexibility index (Phi) is 3.82. The number of nitrogens with one attached hydrogen (secondary N) is 2. The number of aromatic amines is 1. The van der Waals surface area contributed by atoms with E-state index in [1.165, 1.54) is 18.2 Å². The Morgan fingerprint density at radius 2 is 1.86 bits per heavy atom. The second kappa shape index (κ2) is 5.78. The zero-order valence-corrected chi connectivity index (χ0v) is 12.4. The summed E-state index contributed by atoms with van der Waals surface area (Å²) in [5.41, 5.74) is 1.74. The highest BCUT2D eigenvalue weighted by atomic mass is 32.2. The fraction of sp³-hybridized carbons (Fsp3) is 0.133. The molecule has 1 aromatic heterocycles. The Hall–Kier alpha value is -2.38. The number of aromatic nitrogens is 1. The van der Waals surface area contributed by atoms with Crippen molar-refractivity contribution in [1.29, 1.82) is 0 Å². The Morgan fingerprint density at radius 1 is 1.09 bits per heavy atom. The van der Waals surface area contributed by atoms with Gasteiger partial charge in [-0.2, -0.15) is 0 Å². The lowest BCUT2D eigenvalue weighted by atomic mass is 10.2. The molecule has 114 valence electrons. The van der Waals surface area contributed by atoms with Crippen molar-refractivity contribution in [1.82, 2.24) is 9.71 Å². The average Bonchev–Trinajstić information content (AvgIpc) is 2.87. The molecule has 0 aliphatic rings. The molecule has 0 bridgehead atoms. The molecule has 0 unspecified atom stereocenters. The smallest absolute Gasteiger partial charge is 0.408 e. The molecular weight excluding hydrogens is 304 g/mol. The Labute approximate surface area is 126 Å². The summed E-state index contributed by atoms with van der Waals surface area (Å²) in [5, 5.41) is 0. The van der Waals surface area contributed by atoms with E-state index >= 15 is 0 Å². The first kappa shape index (κ1) is 14.6. The molecule has 0 aliphatic heterocycles. The summed E-state index contributed by atoms with van der Waals surface area (Å²) >= 11 is 0. The summed E-state index contributed by atoms with van der Waals surface area (Å²) in [4.78, 5) is 13.6. The van der Waals surface area contributed by atoms with Gasteiger partial charge in [-0.3, -0.25) is 4.98 Å². The maximum absolute atomic E-state index is 12.2. The molecule has 3 aromatic rings. The highest BCUT2D eigenvalue weighted by Gasteiger charge is 2.15. The van der Waals surface area contributed by atoms with Crippen LogP contribution in [0.1, 0.15) is 5.56 Å². The van der Waals surface area contributed by atoms with Crippen molar-refractivity contribution in [3.05, 3.63) is 64.6 Å². The fourth-order valence-electron chi connectivity index (χ4n) is 2.16. The van der Waals surface area contributed by atoms with E-state index < -0.39 is 15.8 Å². The molecule has 6 nitrogen and oxygen atoms in total. The summed E-state index contributed by atoms with van der Waals surface area (Å²) in [7, 11) is -3.63. The Balaban J connectivity index is 1.75. The van der Waals surface area contributed by atoms with Gasteiger partial charge in [-0.15, -0.1) is 0 Å². The lowest BCUT2D eigenvalue weighted by Crippen LogP contribution is -2.25. The van der Waals surface area contributed by atoms with E-state index in [1.807, 2.05) is 30.3 Å². The summed E-state index contributed by atoms with van der Waals surface area (Å²) in [6.45, 7) is 0.298. The number of sulfonamides is 1. The van der Waals surface area contributed by atoms with Gasteiger partial charge in [0.15, 0.2) is 5.58 Å². The van der Waals surface area contributed by atoms with Crippen molar-refractivity contribution in [3.8, 4) is 0 Å². The molecule has 0 spiro atoms. The van der Waals surface area contributed by atoms with Crippen LogP contribution in [0.3, 0.4) is 0 Å². The zero-order valence-electron chi connectivity index (χ0n) is 11.6. The van der Waals surface area contributed by atoms with E-state index in [2.05, 4.69) is 9.71 Å². The molecule has 3 rings (SSSR count). The SMILES string of the molecule is O=c1[nH]c2cc(S(=O)(=O)NCCc3ccccc3)ccc2o1. The van der Waals surface area contributed by atoms with Gasteiger partial charge in [0.1, 0.15) is 0 Å². The van der Waals surface area contributed by atoms with Crippen LogP contribution in [-0.4, -0.2) is 19.9 Å².